The van der Waals surface area contributed by atoms with Gasteiger partial charge in [-0.2, -0.15) is 0 Å². The number of benzene rings is 2. The summed E-state index contributed by atoms with van der Waals surface area (Å²) in [7, 11) is 3.09. The van der Waals surface area contributed by atoms with Gasteiger partial charge in [-0.15, -0.1) is 0 Å². The summed E-state index contributed by atoms with van der Waals surface area (Å²) in [4.78, 5) is 11.7. The Bertz CT molecular complexity index is 664. The third-order valence-electron chi connectivity index (χ3n) is 3.63. The van der Waals surface area contributed by atoms with E-state index in [0.29, 0.717) is 23.5 Å². The molecule has 0 aromatic heterocycles. The van der Waals surface area contributed by atoms with Crippen molar-refractivity contribution in [1.29, 1.82) is 0 Å². The van der Waals surface area contributed by atoms with Crippen LogP contribution in [0.3, 0.4) is 0 Å². The van der Waals surface area contributed by atoms with E-state index in [9.17, 15) is 9.90 Å². The predicted molar refractivity (Wildman–Crippen MR) is 84.8 cm³/mol. The molecule has 0 radical (unpaired) electrons. The molecule has 2 aromatic rings. The minimum Gasteiger partial charge on any atom is -0.493 e. The van der Waals surface area contributed by atoms with Gasteiger partial charge in [0.1, 0.15) is 0 Å². The molecule has 0 saturated heterocycles. The van der Waals surface area contributed by atoms with Crippen molar-refractivity contribution in [2.75, 3.05) is 14.2 Å². The number of aryl methyl sites for hydroxylation is 1. The number of hydrogen-bond acceptors (Lipinski definition) is 3. The molecule has 4 heteroatoms. The lowest BCUT2D eigenvalue weighted by molar-refractivity contribution is -0.138. The summed E-state index contributed by atoms with van der Waals surface area (Å²) >= 11 is 0. The van der Waals surface area contributed by atoms with Gasteiger partial charge in [0.25, 0.3) is 0 Å². The van der Waals surface area contributed by atoms with Gasteiger partial charge in [-0.1, -0.05) is 35.9 Å². The Morgan fingerprint density at radius 1 is 1.09 bits per heavy atom. The van der Waals surface area contributed by atoms with Gasteiger partial charge in [-0.25, -0.2) is 0 Å². The van der Waals surface area contributed by atoms with Gasteiger partial charge in [-0.3, -0.25) is 4.79 Å². The maximum atomic E-state index is 11.7. The lowest BCUT2D eigenvalue weighted by Gasteiger charge is -2.16. The zero-order valence-corrected chi connectivity index (χ0v) is 13.0. The molecule has 0 spiro atoms. The average Bonchev–Trinajstić information content (AvgIpc) is 2.51. The molecule has 1 N–H and O–H groups in total. The van der Waals surface area contributed by atoms with Gasteiger partial charge in [0, 0.05) is 0 Å². The van der Waals surface area contributed by atoms with E-state index in [-0.39, 0.29) is 0 Å². The van der Waals surface area contributed by atoms with Crippen LogP contribution in [0.2, 0.25) is 0 Å². The molecular formula is C18H20O4. The van der Waals surface area contributed by atoms with Gasteiger partial charge in [-0.05, 0) is 36.6 Å². The molecule has 0 aliphatic carbocycles. The summed E-state index contributed by atoms with van der Waals surface area (Å²) in [6.07, 6.45) is 0.437. The van der Waals surface area contributed by atoms with Crippen molar-refractivity contribution in [1.82, 2.24) is 0 Å². The Morgan fingerprint density at radius 2 is 1.82 bits per heavy atom. The van der Waals surface area contributed by atoms with Gasteiger partial charge in [0.15, 0.2) is 11.5 Å². The Hall–Kier alpha value is -2.49. The second-order valence-electron chi connectivity index (χ2n) is 5.20. The molecule has 0 amide bonds. The van der Waals surface area contributed by atoms with E-state index in [1.54, 1.807) is 25.3 Å². The molecule has 1 atom stereocenters. The summed E-state index contributed by atoms with van der Waals surface area (Å²) in [5, 5.41) is 9.58. The van der Waals surface area contributed by atoms with E-state index >= 15 is 0 Å². The van der Waals surface area contributed by atoms with E-state index in [2.05, 4.69) is 0 Å². The third-order valence-corrected chi connectivity index (χ3v) is 3.63. The molecule has 2 aromatic carbocycles. The number of rotatable bonds is 6. The van der Waals surface area contributed by atoms with Crippen molar-refractivity contribution in [3.05, 3.63) is 59.2 Å². The normalized spacial score (nSPS) is 11.8. The van der Waals surface area contributed by atoms with Crippen LogP contribution >= 0.6 is 0 Å². The van der Waals surface area contributed by atoms with Crippen LogP contribution in [0.15, 0.2) is 42.5 Å². The number of ether oxygens (including phenoxy) is 2. The predicted octanol–water partition coefficient (Wildman–Crippen LogP) is 3.42. The Kier molecular flexibility index (Phi) is 5.04. The minimum absolute atomic E-state index is 0.437. The fourth-order valence-corrected chi connectivity index (χ4v) is 2.49. The van der Waals surface area contributed by atoms with Crippen LogP contribution in [-0.4, -0.2) is 25.3 Å². The van der Waals surface area contributed by atoms with Crippen LogP contribution in [0, 0.1) is 6.92 Å². The molecule has 116 valence electrons. The first-order valence-corrected chi connectivity index (χ1v) is 7.05. The largest absolute Gasteiger partial charge is 0.493 e. The highest BCUT2D eigenvalue weighted by atomic mass is 16.5. The van der Waals surface area contributed by atoms with Gasteiger partial charge in [0.05, 0.1) is 20.1 Å². The van der Waals surface area contributed by atoms with Crippen LogP contribution < -0.4 is 9.47 Å². The first kappa shape index (κ1) is 15.9. The highest BCUT2D eigenvalue weighted by Gasteiger charge is 2.22. The summed E-state index contributed by atoms with van der Waals surface area (Å²) in [5.74, 6) is -0.350. The SMILES string of the molecule is COc1ccc(C(Cc2cccc(C)c2)C(=O)O)cc1OC. The zero-order chi connectivity index (χ0) is 16.1. The molecule has 0 fully saturated rings. The number of carboxylic acid groups (broad SMARTS) is 1. The molecule has 0 bridgehead atoms. The standard InChI is InChI=1S/C18H20O4/c1-12-5-4-6-13(9-12)10-15(18(19)20)14-7-8-16(21-2)17(11-14)22-3/h4-9,11,15H,10H2,1-3H3,(H,19,20). The van der Waals surface area contributed by atoms with Crippen molar-refractivity contribution in [2.45, 2.75) is 19.3 Å². The van der Waals surface area contributed by atoms with Crippen molar-refractivity contribution in [3.63, 3.8) is 0 Å². The summed E-state index contributed by atoms with van der Waals surface area (Å²) in [6.45, 7) is 2.00. The fourth-order valence-electron chi connectivity index (χ4n) is 2.49. The number of methoxy groups -OCH3 is 2. The summed E-state index contributed by atoms with van der Waals surface area (Å²) in [5.41, 5.74) is 2.82. The van der Waals surface area contributed by atoms with Crippen molar-refractivity contribution < 1.29 is 19.4 Å². The molecule has 22 heavy (non-hydrogen) atoms. The number of carboxylic acids is 1. The van der Waals surface area contributed by atoms with Crippen molar-refractivity contribution >= 4 is 5.97 Å². The summed E-state index contributed by atoms with van der Waals surface area (Å²) < 4.78 is 10.5. The number of aliphatic carboxylic acids is 1. The van der Waals surface area contributed by atoms with Crippen LogP contribution in [-0.2, 0) is 11.2 Å². The highest BCUT2D eigenvalue weighted by molar-refractivity contribution is 5.77. The van der Waals surface area contributed by atoms with Crippen LogP contribution in [0.1, 0.15) is 22.6 Å². The Morgan fingerprint density at radius 3 is 2.41 bits per heavy atom. The third kappa shape index (κ3) is 3.58. The molecular weight excluding hydrogens is 280 g/mol. The molecule has 0 aliphatic rings. The summed E-state index contributed by atoms with van der Waals surface area (Å²) in [6, 6.07) is 13.1. The minimum atomic E-state index is -0.853. The molecule has 0 saturated carbocycles. The van der Waals surface area contributed by atoms with E-state index in [0.717, 1.165) is 11.1 Å². The lowest BCUT2D eigenvalue weighted by atomic mass is 9.91. The van der Waals surface area contributed by atoms with E-state index < -0.39 is 11.9 Å². The molecule has 0 aliphatic heterocycles. The van der Waals surface area contributed by atoms with Gasteiger partial charge in [0.2, 0.25) is 0 Å². The fraction of sp³-hybridized carbons (Fsp3) is 0.278. The Labute approximate surface area is 130 Å². The van der Waals surface area contributed by atoms with Crippen molar-refractivity contribution in [2.24, 2.45) is 0 Å². The first-order chi connectivity index (χ1) is 10.5. The zero-order valence-electron chi connectivity index (χ0n) is 13.0. The van der Waals surface area contributed by atoms with Gasteiger partial charge < -0.3 is 14.6 Å². The Balaban J connectivity index is 2.34. The highest BCUT2D eigenvalue weighted by Crippen LogP contribution is 2.32. The first-order valence-electron chi connectivity index (χ1n) is 7.05. The maximum absolute atomic E-state index is 11.7. The molecule has 4 nitrogen and oxygen atoms in total. The topological polar surface area (TPSA) is 55.8 Å². The van der Waals surface area contributed by atoms with E-state index in [4.69, 9.17) is 9.47 Å². The van der Waals surface area contributed by atoms with Crippen molar-refractivity contribution in [3.8, 4) is 11.5 Å². The van der Waals surface area contributed by atoms with E-state index in [1.807, 2.05) is 31.2 Å². The van der Waals surface area contributed by atoms with Gasteiger partial charge >= 0.3 is 5.97 Å². The van der Waals surface area contributed by atoms with Crippen LogP contribution in [0.5, 0.6) is 11.5 Å². The number of carbonyl (C=O) groups is 1. The van der Waals surface area contributed by atoms with Crippen LogP contribution in [0.4, 0.5) is 0 Å². The monoisotopic (exact) mass is 300 g/mol. The number of hydrogen-bond donors (Lipinski definition) is 1. The smallest absolute Gasteiger partial charge is 0.311 e. The molecule has 1 unspecified atom stereocenters. The van der Waals surface area contributed by atoms with E-state index in [1.165, 1.54) is 7.11 Å². The average molecular weight is 300 g/mol. The van der Waals surface area contributed by atoms with Crippen LogP contribution in [0.25, 0.3) is 0 Å². The quantitative estimate of drug-likeness (QED) is 0.888. The molecule has 2 rings (SSSR count). The molecule has 0 heterocycles. The maximum Gasteiger partial charge on any atom is 0.311 e. The second kappa shape index (κ2) is 6.98. The second-order valence-corrected chi connectivity index (χ2v) is 5.20. The lowest BCUT2D eigenvalue weighted by Crippen LogP contribution is -2.14.